The van der Waals surface area contributed by atoms with Crippen molar-refractivity contribution in [2.24, 2.45) is 0 Å². The van der Waals surface area contributed by atoms with E-state index < -0.39 is 0 Å². The first-order valence-electron chi connectivity index (χ1n) is 6.77. The zero-order valence-electron chi connectivity index (χ0n) is 12.0. The van der Waals surface area contributed by atoms with Crippen LogP contribution in [0.25, 0.3) is 5.69 Å². The van der Waals surface area contributed by atoms with Gasteiger partial charge in [0, 0.05) is 10.6 Å². The Morgan fingerprint density at radius 3 is 2.50 bits per heavy atom. The van der Waals surface area contributed by atoms with Gasteiger partial charge in [-0.1, -0.05) is 29.8 Å². The van der Waals surface area contributed by atoms with Crippen LogP contribution in [-0.4, -0.2) is 15.6 Å². The maximum atomic E-state index is 12.5. The summed E-state index contributed by atoms with van der Waals surface area (Å²) in [6.07, 6.45) is 1.50. The zero-order valence-corrected chi connectivity index (χ0v) is 12.7. The molecule has 2 aromatic carbocycles. The van der Waals surface area contributed by atoms with Gasteiger partial charge < -0.3 is 5.73 Å². The van der Waals surface area contributed by atoms with Gasteiger partial charge in [-0.2, -0.15) is 5.10 Å². The Morgan fingerprint density at radius 1 is 1.14 bits per heavy atom. The van der Waals surface area contributed by atoms with Crippen LogP contribution in [0, 0.1) is 6.92 Å². The maximum Gasteiger partial charge on any atom is 0.198 e. The molecule has 1 heterocycles. The van der Waals surface area contributed by atoms with E-state index in [1.165, 1.54) is 6.20 Å². The molecule has 5 heteroatoms. The van der Waals surface area contributed by atoms with Crippen LogP contribution in [0.3, 0.4) is 0 Å². The van der Waals surface area contributed by atoms with E-state index >= 15 is 0 Å². The number of anilines is 1. The minimum Gasteiger partial charge on any atom is -0.383 e. The van der Waals surface area contributed by atoms with Gasteiger partial charge in [-0.05, 0) is 42.8 Å². The molecule has 4 nitrogen and oxygen atoms in total. The first kappa shape index (κ1) is 14.4. The predicted octanol–water partition coefficient (Wildman–Crippen LogP) is 3.65. The molecule has 0 fully saturated rings. The number of benzene rings is 2. The largest absolute Gasteiger partial charge is 0.383 e. The number of carbonyl (C=O) groups excluding carboxylic acids is 1. The van der Waals surface area contributed by atoms with Crippen LogP contribution in [-0.2, 0) is 0 Å². The predicted molar refractivity (Wildman–Crippen MR) is 87.6 cm³/mol. The molecule has 3 rings (SSSR count). The summed E-state index contributed by atoms with van der Waals surface area (Å²) >= 11 is 5.84. The molecule has 0 aliphatic carbocycles. The molecule has 0 aliphatic rings. The summed E-state index contributed by atoms with van der Waals surface area (Å²) in [6, 6.07) is 14.4. The molecule has 22 heavy (non-hydrogen) atoms. The number of hydrogen-bond donors (Lipinski definition) is 1. The van der Waals surface area contributed by atoms with Gasteiger partial charge in [0.05, 0.1) is 17.4 Å². The number of nitrogen functional groups attached to an aromatic ring is 1. The van der Waals surface area contributed by atoms with Crippen LogP contribution in [0.5, 0.6) is 0 Å². The zero-order chi connectivity index (χ0) is 15.7. The number of hydrogen-bond acceptors (Lipinski definition) is 3. The number of ketones is 1. The average Bonchev–Trinajstić information content (AvgIpc) is 2.89. The molecule has 0 radical (unpaired) electrons. The summed E-state index contributed by atoms with van der Waals surface area (Å²) in [5, 5.41) is 4.84. The monoisotopic (exact) mass is 311 g/mol. The minimum absolute atomic E-state index is 0.172. The molecule has 3 aromatic rings. The molecular weight excluding hydrogens is 298 g/mol. The van der Waals surface area contributed by atoms with Crippen LogP contribution in [0.4, 0.5) is 5.82 Å². The standard InChI is InChI=1S/C17H14ClN3O/c1-11-4-2-3-5-15(11)21-17(19)14(10-20-21)16(22)12-6-8-13(18)9-7-12/h2-10H,19H2,1H3. The SMILES string of the molecule is Cc1ccccc1-n1ncc(C(=O)c2ccc(Cl)cc2)c1N. The molecule has 0 atom stereocenters. The number of nitrogens with zero attached hydrogens (tertiary/aromatic N) is 2. The van der Waals surface area contributed by atoms with Gasteiger partial charge in [-0.15, -0.1) is 0 Å². The van der Waals surface area contributed by atoms with Gasteiger partial charge in [0.25, 0.3) is 0 Å². The first-order valence-corrected chi connectivity index (χ1v) is 7.15. The number of rotatable bonds is 3. The third-order valence-corrected chi connectivity index (χ3v) is 3.75. The van der Waals surface area contributed by atoms with Gasteiger partial charge >= 0.3 is 0 Å². The topological polar surface area (TPSA) is 60.9 Å². The fourth-order valence-electron chi connectivity index (χ4n) is 2.28. The van der Waals surface area contributed by atoms with Gasteiger partial charge in [-0.25, -0.2) is 4.68 Å². The van der Waals surface area contributed by atoms with Crippen molar-refractivity contribution in [3.05, 3.63) is 76.4 Å². The van der Waals surface area contributed by atoms with Crippen LogP contribution >= 0.6 is 11.6 Å². The van der Waals surface area contributed by atoms with Crippen molar-refractivity contribution in [2.75, 3.05) is 5.73 Å². The third kappa shape index (κ3) is 2.49. The highest BCUT2D eigenvalue weighted by molar-refractivity contribution is 6.30. The van der Waals surface area contributed by atoms with Crippen molar-refractivity contribution in [3.8, 4) is 5.69 Å². The van der Waals surface area contributed by atoms with E-state index in [2.05, 4.69) is 5.10 Å². The van der Waals surface area contributed by atoms with E-state index in [9.17, 15) is 4.79 Å². The minimum atomic E-state index is -0.172. The molecule has 0 saturated carbocycles. The van der Waals surface area contributed by atoms with Crippen molar-refractivity contribution >= 4 is 23.2 Å². The Morgan fingerprint density at radius 2 is 1.82 bits per heavy atom. The summed E-state index contributed by atoms with van der Waals surface area (Å²) in [5.74, 6) is 0.156. The lowest BCUT2D eigenvalue weighted by Crippen LogP contribution is -2.08. The molecule has 0 spiro atoms. The Labute approximate surface area is 133 Å². The second kappa shape index (κ2) is 5.66. The molecule has 1 aromatic heterocycles. The summed E-state index contributed by atoms with van der Waals surface area (Å²) in [4.78, 5) is 12.5. The summed E-state index contributed by atoms with van der Waals surface area (Å²) in [5.41, 5.74) is 8.92. The van der Waals surface area contributed by atoms with Gasteiger partial charge in [0.15, 0.2) is 5.78 Å². The van der Waals surface area contributed by atoms with Crippen LogP contribution in [0.15, 0.2) is 54.7 Å². The van der Waals surface area contributed by atoms with Gasteiger partial charge in [-0.3, -0.25) is 4.79 Å². The number of para-hydroxylation sites is 1. The fraction of sp³-hybridized carbons (Fsp3) is 0.0588. The molecular formula is C17H14ClN3O. The highest BCUT2D eigenvalue weighted by Crippen LogP contribution is 2.22. The molecule has 0 amide bonds. The maximum absolute atomic E-state index is 12.5. The first-order chi connectivity index (χ1) is 10.6. The summed E-state index contributed by atoms with van der Waals surface area (Å²) in [6.45, 7) is 1.97. The van der Waals surface area contributed by atoms with Crippen molar-refractivity contribution in [1.82, 2.24) is 9.78 Å². The molecule has 0 aliphatic heterocycles. The lowest BCUT2D eigenvalue weighted by Gasteiger charge is -2.08. The second-order valence-electron chi connectivity index (χ2n) is 4.98. The van der Waals surface area contributed by atoms with Crippen LogP contribution < -0.4 is 5.73 Å². The quantitative estimate of drug-likeness (QED) is 0.751. The van der Waals surface area contributed by atoms with E-state index in [4.69, 9.17) is 17.3 Å². The van der Waals surface area contributed by atoms with Crippen molar-refractivity contribution < 1.29 is 4.79 Å². The van der Waals surface area contributed by atoms with Crippen molar-refractivity contribution in [3.63, 3.8) is 0 Å². The molecule has 0 bridgehead atoms. The van der Waals surface area contributed by atoms with Gasteiger partial charge in [0.2, 0.25) is 0 Å². The van der Waals surface area contributed by atoms with Crippen LogP contribution in [0.1, 0.15) is 21.5 Å². The van der Waals surface area contributed by atoms with E-state index in [1.54, 1.807) is 28.9 Å². The Hall–Kier alpha value is -2.59. The Bertz CT molecular complexity index is 837. The number of halogens is 1. The van der Waals surface area contributed by atoms with E-state index in [0.717, 1.165) is 11.3 Å². The summed E-state index contributed by atoms with van der Waals surface area (Å²) < 4.78 is 1.58. The molecule has 0 unspecified atom stereocenters. The number of carbonyl (C=O) groups is 1. The van der Waals surface area contributed by atoms with Crippen molar-refractivity contribution in [1.29, 1.82) is 0 Å². The molecule has 2 N–H and O–H groups in total. The third-order valence-electron chi connectivity index (χ3n) is 3.50. The van der Waals surface area contributed by atoms with E-state index in [-0.39, 0.29) is 5.78 Å². The van der Waals surface area contributed by atoms with E-state index in [1.807, 2.05) is 31.2 Å². The smallest absolute Gasteiger partial charge is 0.198 e. The van der Waals surface area contributed by atoms with Gasteiger partial charge in [0.1, 0.15) is 5.82 Å². The Balaban J connectivity index is 2.02. The summed E-state index contributed by atoms with van der Waals surface area (Å²) in [7, 11) is 0. The highest BCUT2D eigenvalue weighted by atomic mass is 35.5. The lowest BCUT2D eigenvalue weighted by atomic mass is 10.1. The Kier molecular flexibility index (Phi) is 3.69. The number of aryl methyl sites for hydroxylation is 1. The molecule has 110 valence electrons. The number of aromatic nitrogens is 2. The van der Waals surface area contributed by atoms with Crippen LogP contribution in [0.2, 0.25) is 5.02 Å². The molecule has 0 saturated heterocycles. The van der Waals surface area contributed by atoms with E-state index in [0.29, 0.717) is 22.0 Å². The second-order valence-corrected chi connectivity index (χ2v) is 5.41. The average molecular weight is 312 g/mol. The normalized spacial score (nSPS) is 10.6. The number of nitrogens with two attached hydrogens (primary N) is 1. The fourth-order valence-corrected chi connectivity index (χ4v) is 2.41. The lowest BCUT2D eigenvalue weighted by molar-refractivity contribution is 0.103. The van der Waals surface area contributed by atoms with Crippen molar-refractivity contribution in [2.45, 2.75) is 6.92 Å². The highest BCUT2D eigenvalue weighted by Gasteiger charge is 2.18.